The average molecular weight is 261 g/mol. The van der Waals surface area contributed by atoms with Crippen LogP contribution in [-0.4, -0.2) is 22.6 Å². The summed E-state index contributed by atoms with van der Waals surface area (Å²) in [5, 5.41) is 3.46. The van der Waals surface area contributed by atoms with Crippen molar-refractivity contribution in [3.05, 3.63) is 22.8 Å². The molecule has 0 spiro atoms. The molecule has 0 saturated heterocycles. The molecule has 0 radical (unpaired) electrons. The third kappa shape index (κ3) is 4.57. The Hall–Kier alpha value is -0.960. The van der Waals surface area contributed by atoms with Crippen molar-refractivity contribution >= 4 is 0 Å². The molecule has 3 nitrogen and oxygen atoms in total. The van der Waals surface area contributed by atoms with Crippen molar-refractivity contribution in [2.75, 3.05) is 6.54 Å². The first-order chi connectivity index (χ1) is 9.06. The summed E-state index contributed by atoms with van der Waals surface area (Å²) in [6.07, 6.45) is 6.05. The third-order valence-corrected chi connectivity index (χ3v) is 3.79. The van der Waals surface area contributed by atoms with Gasteiger partial charge in [0.1, 0.15) is 5.82 Å². The van der Waals surface area contributed by atoms with Gasteiger partial charge >= 0.3 is 0 Å². The van der Waals surface area contributed by atoms with E-state index in [-0.39, 0.29) is 0 Å². The first-order valence-corrected chi connectivity index (χ1v) is 7.62. The summed E-state index contributed by atoms with van der Waals surface area (Å²) in [5.74, 6) is 1.92. The van der Waals surface area contributed by atoms with E-state index in [0.29, 0.717) is 6.04 Å². The second-order valence-corrected chi connectivity index (χ2v) is 6.15. The van der Waals surface area contributed by atoms with E-state index in [4.69, 9.17) is 9.97 Å². The number of rotatable bonds is 7. The Bertz CT molecular complexity index is 399. The van der Waals surface area contributed by atoms with Crippen molar-refractivity contribution in [1.29, 1.82) is 0 Å². The van der Waals surface area contributed by atoms with Crippen molar-refractivity contribution in [2.24, 2.45) is 5.92 Å². The van der Waals surface area contributed by atoms with Crippen LogP contribution in [0.1, 0.15) is 55.9 Å². The number of nitrogens with zero attached hydrogens (tertiary/aromatic N) is 2. The number of aryl methyl sites for hydroxylation is 2. The van der Waals surface area contributed by atoms with Gasteiger partial charge in [0.25, 0.3) is 0 Å². The summed E-state index contributed by atoms with van der Waals surface area (Å²) in [5.41, 5.74) is 3.73. The lowest BCUT2D eigenvalue weighted by Gasteiger charge is -2.12. The van der Waals surface area contributed by atoms with E-state index in [1.165, 1.54) is 29.8 Å². The summed E-state index contributed by atoms with van der Waals surface area (Å²) in [4.78, 5) is 9.39. The van der Waals surface area contributed by atoms with Gasteiger partial charge in [0.05, 0.1) is 0 Å². The smallest absolute Gasteiger partial charge is 0.129 e. The van der Waals surface area contributed by atoms with Crippen LogP contribution in [0.25, 0.3) is 0 Å². The molecular weight excluding hydrogens is 234 g/mol. The van der Waals surface area contributed by atoms with E-state index >= 15 is 0 Å². The first-order valence-electron chi connectivity index (χ1n) is 7.62. The highest BCUT2D eigenvalue weighted by molar-refractivity contribution is 5.24. The molecule has 106 valence electrons. The lowest BCUT2D eigenvalue weighted by molar-refractivity contribution is 0.568. The fourth-order valence-corrected chi connectivity index (χ4v) is 2.50. The molecule has 1 aliphatic carbocycles. The maximum absolute atomic E-state index is 4.70. The summed E-state index contributed by atoms with van der Waals surface area (Å²) in [7, 11) is 0. The molecule has 1 aromatic heterocycles. The largest absolute Gasteiger partial charge is 0.315 e. The molecule has 1 heterocycles. The highest BCUT2D eigenvalue weighted by atomic mass is 14.9. The molecule has 1 aromatic rings. The standard InChI is InChI=1S/C16H27N3/c1-11(2)17-9-5-6-15-12(3)18-16(19-13(15)4)10-14-7-8-14/h11,14,17H,5-10H2,1-4H3. The van der Waals surface area contributed by atoms with Crippen LogP contribution in [0, 0.1) is 19.8 Å². The van der Waals surface area contributed by atoms with E-state index < -0.39 is 0 Å². The molecule has 0 bridgehead atoms. The summed E-state index contributed by atoms with van der Waals surface area (Å²) >= 11 is 0. The van der Waals surface area contributed by atoms with Gasteiger partial charge in [-0.05, 0) is 57.6 Å². The van der Waals surface area contributed by atoms with Crippen LogP contribution in [-0.2, 0) is 12.8 Å². The molecule has 1 saturated carbocycles. The van der Waals surface area contributed by atoms with Crippen LogP contribution < -0.4 is 5.32 Å². The van der Waals surface area contributed by atoms with E-state index in [1.54, 1.807) is 0 Å². The first kappa shape index (κ1) is 14.4. The summed E-state index contributed by atoms with van der Waals surface area (Å²) in [6, 6.07) is 0.569. The molecule has 2 rings (SSSR count). The topological polar surface area (TPSA) is 37.8 Å². The Morgan fingerprint density at radius 3 is 2.32 bits per heavy atom. The zero-order chi connectivity index (χ0) is 13.8. The van der Waals surface area contributed by atoms with Gasteiger partial charge in [-0.15, -0.1) is 0 Å². The van der Waals surface area contributed by atoms with Crippen LogP contribution in [0.5, 0.6) is 0 Å². The molecule has 1 aliphatic rings. The quantitative estimate of drug-likeness (QED) is 0.767. The lowest BCUT2D eigenvalue weighted by Crippen LogP contribution is -2.24. The molecule has 1 fully saturated rings. The van der Waals surface area contributed by atoms with Crippen LogP contribution in [0.2, 0.25) is 0 Å². The van der Waals surface area contributed by atoms with E-state index in [1.807, 2.05) is 0 Å². The highest BCUT2D eigenvalue weighted by Gasteiger charge is 2.23. The van der Waals surface area contributed by atoms with Gasteiger partial charge in [0.15, 0.2) is 0 Å². The van der Waals surface area contributed by atoms with E-state index in [2.05, 4.69) is 33.0 Å². The SMILES string of the molecule is Cc1nc(CC2CC2)nc(C)c1CCCNC(C)C. The Morgan fingerprint density at radius 1 is 1.16 bits per heavy atom. The highest BCUT2D eigenvalue weighted by Crippen LogP contribution is 2.31. The van der Waals surface area contributed by atoms with Gasteiger partial charge in [-0.1, -0.05) is 13.8 Å². The molecule has 0 atom stereocenters. The number of nitrogens with one attached hydrogen (secondary N) is 1. The van der Waals surface area contributed by atoms with Crippen LogP contribution in [0.15, 0.2) is 0 Å². The van der Waals surface area contributed by atoms with Crippen LogP contribution in [0.3, 0.4) is 0 Å². The molecule has 0 unspecified atom stereocenters. The second kappa shape index (κ2) is 6.47. The molecule has 3 heteroatoms. The number of hydrogen-bond acceptors (Lipinski definition) is 3. The minimum Gasteiger partial charge on any atom is -0.315 e. The van der Waals surface area contributed by atoms with Gasteiger partial charge in [-0.25, -0.2) is 9.97 Å². The van der Waals surface area contributed by atoms with Crippen LogP contribution >= 0.6 is 0 Å². The molecule has 1 N–H and O–H groups in total. The normalized spacial score (nSPS) is 15.2. The zero-order valence-corrected chi connectivity index (χ0v) is 12.8. The van der Waals surface area contributed by atoms with Crippen LogP contribution in [0.4, 0.5) is 0 Å². The van der Waals surface area contributed by atoms with Gasteiger partial charge < -0.3 is 5.32 Å². The lowest BCUT2D eigenvalue weighted by atomic mass is 10.1. The van der Waals surface area contributed by atoms with Gasteiger partial charge in [-0.3, -0.25) is 0 Å². The van der Waals surface area contributed by atoms with Crippen molar-refractivity contribution < 1.29 is 0 Å². The minimum absolute atomic E-state index is 0.569. The fourth-order valence-electron chi connectivity index (χ4n) is 2.50. The predicted octanol–water partition coefficient (Wildman–Crippen LogP) is 2.98. The number of hydrogen-bond donors (Lipinski definition) is 1. The molecule has 0 amide bonds. The summed E-state index contributed by atoms with van der Waals surface area (Å²) < 4.78 is 0. The van der Waals surface area contributed by atoms with Crippen molar-refractivity contribution in [1.82, 2.24) is 15.3 Å². The van der Waals surface area contributed by atoms with Crippen molar-refractivity contribution in [3.63, 3.8) is 0 Å². The molecular formula is C16H27N3. The molecule has 19 heavy (non-hydrogen) atoms. The van der Waals surface area contributed by atoms with Gasteiger partial charge in [0, 0.05) is 23.9 Å². The van der Waals surface area contributed by atoms with Crippen molar-refractivity contribution in [2.45, 2.75) is 65.8 Å². The molecule has 0 aliphatic heterocycles. The van der Waals surface area contributed by atoms with Gasteiger partial charge in [0.2, 0.25) is 0 Å². The Labute approximate surface area is 117 Å². The van der Waals surface area contributed by atoms with Gasteiger partial charge in [-0.2, -0.15) is 0 Å². The zero-order valence-electron chi connectivity index (χ0n) is 12.8. The third-order valence-electron chi connectivity index (χ3n) is 3.79. The monoisotopic (exact) mass is 261 g/mol. The predicted molar refractivity (Wildman–Crippen MR) is 79.4 cm³/mol. The van der Waals surface area contributed by atoms with Crippen molar-refractivity contribution in [3.8, 4) is 0 Å². The average Bonchev–Trinajstić information content (AvgIpc) is 3.10. The minimum atomic E-state index is 0.569. The molecule has 0 aromatic carbocycles. The Balaban J connectivity index is 1.92. The number of aromatic nitrogens is 2. The van der Waals surface area contributed by atoms with E-state index in [0.717, 1.165) is 37.5 Å². The maximum Gasteiger partial charge on any atom is 0.129 e. The van der Waals surface area contributed by atoms with E-state index in [9.17, 15) is 0 Å². The second-order valence-electron chi connectivity index (χ2n) is 6.15. The summed E-state index contributed by atoms with van der Waals surface area (Å²) in [6.45, 7) is 9.71. The fraction of sp³-hybridized carbons (Fsp3) is 0.750. The Kier molecular flexibility index (Phi) is 4.92. The Morgan fingerprint density at radius 2 is 1.79 bits per heavy atom. The maximum atomic E-state index is 4.70.